The van der Waals surface area contributed by atoms with Gasteiger partial charge in [-0.3, -0.25) is 0 Å². The first-order chi connectivity index (χ1) is 8.80. The summed E-state index contributed by atoms with van der Waals surface area (Å²) in [7, 11) is 0. The quantitative estimate of drug-likeness (QED) is 0.794. The molecule has 102 valence electrons. The number of nitriles is 1. The average Bonchev–Trinajstić information content (AvgIpc) is 2.29. The van der Waals surface area contributed by atoms with Crippen molar-refractivity contribution in [2.24, 2.45) is 0 Å². The van der Waals surface area contributed by atoms with Crippen LogP contribution in [-0.4, -0.2) is 18.9 Å². The maximum atomic E-state index is 12.2. The Bertz CT molecular complexity index is 532. The highest BCUT2D eigenvalue weighted by Gasteiger charge is 2.34. The molecule has 0 aliphatic carbocycles. The van der Waals surface area contributed by atoms with Gasteiger partial charge in [0.2, 0.25) is 0 Å². The summed E-state index contributed by atoms with van der Waals surface area (Å²) in [5, 5.41) is 8.94. The summed E-state index contributed by atoms with van der Waals surface area (Å²) < 4.78 is 45.1. The molecule has 0 saturated carbocycles. The van der Waals surface area contributed by atoms with E-state index in [1.54, 1.807) is 6.07 Å². The zero-order valence-corrected chi connectivity index (χ0v) is 10.2. The van der Waals surface area contributed by atoms with Crippen molar-refractivity contribution in [3.63, 3.8) is 0 Å². The number of carbonyl (C=O) groups is 1. The van der Waals surface area contributed by atoms with E-state index in [2.05, 4.69) is 9.47 Å². The number of carbonyl (C=O) groups excluding carboxylic acids is 1. The number of esters is 1. The minimum absolute atomic E-state index is 0.0247. The number of hydrogen-bond acceptors (Lipinski definition) is 4. The smallest absolute Gasteiger partial charge is 0.462 e. The molecule has 0 fully saturated rings. The summed E-state index contributed by atoms with van der Waals surface area (Å²) in [6.45, 7) is 2.98. The lowest BCUT2D eigenvalue weighted by Crippen LogP contribution is -2.20. The van der Waals surface area contributed by atoms with Crippen LogP contribution in [0.1, 0.15) is 28.4 Å². The zero-order valence-electron chi connectivity index (χ0n) is 10.2. The number of halogens is 3. The number of rotatable bonds is 3. The molecule has 0 aromatic heterocycles. The van der Waals surface area contributed by atoms with E-state index in [4.69, 9.17) is 5.26 Å². The number of ether oxygens (including phenoxy) is 2. The molecule has 7 heteroatoms. The standard InChI is InChI=1S/C12H10F3NO3/c1-3-18-11(17)10-8(6-16)7(2)4-5-9(10)19-12(13,14)15/h4-5H,3H2,1-2H3. The third kappa shape index (κ3) is 3.61. The molecule has 0 bridgehead atoms. The zero-order chi connectivity index (χ0) is 14.6. The van der Waals surface area contributed by atoms with Crippen LogP contribution in [0.15, 0.2) is 12.1 Å². The fourth-order valence-corrected chi connectivity index (χ4v) is 1.45. The van der Waals surface area contributed by atoms with Crippen LogP contribution in [0.25, 0.3) is 0 Å². The molecule has 0 saturated heterocycles. The lowest BCUT2D eigenvalue weighted by molar-refractivity contribution is -0.274. The molecule has 0 heterocycles. The molecule has 1 aromatic rings. The van der Waals surface area contributed by atoms with Gasteiger partial charge < -0.3 is 9.47 Å². The maximum Gasteiger partial charge on any atom is 0.573 e. The van der Waals surface area contributed by atoms with Crippen LogP contribution >= 0.6 is 0 Å². The number of alkyl halides is 3. The van der Waals surface area contributed by atoms with Crippen LogP contribution < -0.4 is 4.74 Å². The van der Waals surface area contributed by atoms with Gasteiger partial charge in [0.1, 0.15) is 17.4 Å². The largest absolute Gasteiger partial charge is 0.573 e. The van der Waals surface area contributed by atoms with Crippen LogP contribution in [0.5, 0.6) is 5.75 Å². The van der Waals surface area contributed by atoms with Gasteiger partial charge in [0.15, 0.2) is 0 Å². The van der Waals surface area contributed by atoms with Crippen LogP contribution in [0.2, 0.25) is 0 Å². The molecule has 1 aromatic carbocycles. The maximum absolute atomic E-state index is 12.2. The van der Waals surface area contributed by atoms with Crippen LogP contribution in [-0.2, 0) is 4.74 Å². The molecule has 0 N–H and O–H groups in total. The monoisotopic (exact) mass is 273 g/mol. The SMILES string of the molecule is CCOC(=O)c1c(OC(F)(F)F)ccc(C)c1C#N. The van der Waals surface area contributed by atoms with Crippen molar-refractivity contribution in [2.45, 2.75) is 20.2 Å². The van der Waals surface area contributed by atoms with Gasteiger partial charge >= 0.3 is 12.3 Å². The van der Waals surface area contributed by atoms with Crippen molar-refractivity contribution >= 4 is 5.97 Å². The molecule has 0 unspecified atom stereocenters. The van der Waals surface area contributed by atoms with Gasteiger partial charge in [-0.1, -0.05) is 6.07 Å². The van der Waals surface area contributed by atoms with E-state index < -0.39 is 23.6 Å². The third-order valence-corrected chi connectivity index (χ3v) is 2.19. The predicted molar refractivity (Wildman–Crippen MR) is 58.5 cm³/mol. The number of benzene rings is 1. The highest BCUT2D eigenvalue weighted by molar-refractivity contribution is 5.95. The second-order valence-electron chi connectivity index (χ2n) is 3.51. The first-order valence-corrected chi connectivity index (χ1v) is 5.26. The van der Waals surface area contributed by atoms with E-state index in [1.165, 1.54) is 19.9 Å². The van der Waals surface area contributed by atoms with Gasteiger partial charge in [0.05, 0.1) is 12.2 Å². The number of aryl methyl sites for hydroxylation is 1. The van der Waals surface area contributed by atoms with Crippen molar-refractivity contribution in [1.29, 1.82) is 5.26 Å². The predicted octanol–water partition coefficient (Wildman–Crippen LogP) is 2.94. The Morgan fingerprint density at radius 1 is 1.42 bits per heavy atom. The lowest BCUT2D eigenvalue weighted by atomic mass is 10.0. The first-order valence-electron chi connectivity index (χ1n) is 5.26. The molecular weight excluding hydrogens is 263 g/mol. The van der Waals surface area contributed by atoms with Crippen molar-refractivity contribution in [3.05, 3.63) is 28.8 Å². The Morgan fingerprint density at radius 2 is 2.05 bits per heavy atom. The first kappa shape index (κ1) is 14.8. The summed E-state index contributed by atoms with van der Waals surface area (Å²) in [6, 6.07) is 3.93. The van der Waals surface area contributed by atoms with Crippen molar-refractivity contribution < 1.29 is 27.4 Å². The second kappa shape index (κ2) is 5.61. The molecule has 0 aliphatic heterocycles. The molecule has 19 heavy (non-hydrogen) atoms. The molecule has 0 amide bonds. The Morgan fingerprint density at radius 3 is 2.53 bits per heavy atom. The van der Waals surface area contributed by atoms with Crippen LogP contribution in [0.4, 0.5) is 13.2 Å². The molecular formula is C12H10F3NO3. The van der Waals surface area contributed by atoms with E-state index >= 15 is 0 Å². The summed E-state index contributed by atoms with van der Waals surface area (Å²) in [5.74, 6) is -1.77. The number of hydrogen-bond donors (Lipinski definition) is 0. The Hall–Kier alpha value is -2.23. The second-order valence-corrected chi connectivity index (χ2v) is 3.51. The molecule has 1 rings (SSSR count). The Balaban J connectivity index is 3.39. The fourth-order valence-electron chi connectivity index (χ4n) is 1.45. The van der Waals surface area contributed by atoms with Crippen LogP contribution in [0, 0.1) is 18.3 Å². The third-order valence-electron chi connectivity index (χ3n) is 2.19. The van der Waals surface area contributed by atoms with E-state index in [-0.39, 0.29) is 12.2 Å². The molecule has 0 atom stereocenters. The van der Waals surface area contributed by atoms with Gasteiger partial charge in [-0.05, 0) is 25.5 Å². The van der Waals surface area contributed by atoms with Gasteiger partial charge in [-0.2, -0.15) is 5.26 Å². The summed E-state index contributed by atoms with van der Waals surface area (Å²) in [5.41, 5.74) is -0.345. The minimum atomic E-state index is -4.96. The van der Waals surface area contributed by atoms with Gasteiger partial charge in [0, 0.05) is 0 Å². The molecule has 4 nitrogen and oxygen atoms in total. The highest BCUT2D eigenvalue weighted by Crippen LogP contribution is 2.30. The van der Waals surface area contributed by atoms with E-state index in [1.807, 2.05) is 0 Å². The Kier molecular flexibility index (Phi) is 4.38. The molecule has 0 spiro atoms. The Labute approximate surface area is 107 Å². The molecule has 0 radical (unpaired) electrons. The van der Waals surface area contributed by atoms with E-state index in [9.17, 15) is 18.0 Å². The number of nitrogens with zero attached hydrogens (tertiary/aromatic N) is 1. The van der Waals surface area contributed by atoms with Crippen molar-refractivity contribution in [1.82, 2.24) is 0 Å². The fraction of sp³-hybridized carbons (Fsp3) is 0.333. The normalized spacial score (nSPS) is 10.7. The van der Waals surface area contributed by atoms with Gasteiger partial charge in [-0.25, -0.2) is 4.79 Å². The van der Waals surface area contributed by atoms with Crippen LogP contribution in [0.3, 0.4) is 0 Å². The van der Waals surface area contributed by atoms with Gasteiger partial charge in [0.25, 0.3) is 0 Å². The summed E-state index contributed by atoms with van der Waals surface area (Å²) in [4.78, 5) is 11.7. The minimum Gasteiger partial charge on any atom is -0.462 e. The van der Waals surface area contributed by atoms with E-state index in [0.717, 1.165) is 6.07 Å². The van der Waals surface area contributed by atoms with Crippen molar-refractivity contribution in [3.8, 4) is 11.8 Å². The van der Waals surface area contributed by atoms with Gasteiger partial charge in [-0.15, -0.1) is 13.2 Å². The summed E-state index contributed by atoms with van der Waals surface area (Å²) >= 11 is 0. The molecule has 0 aliphatic rings. The average molecular weight is 273 g/mol. The van der Waals surface area contributed by atoms with E-state index in [0.29, 0.717) is 5.56 Å². The highest BCUT2D eigenvalue weighted by atomic mass is 19.4. The topological polar surface area (TPSA) is 59.3 Å². The lowest BCUT2D eigenvalue weighted by Gasteiger charge is -2.14. The summed E-state index contributed by atoms with van der Waals surface area (Å²) in [6.07, 6.45) is -4.96. The van der Waals surface area contributed by atoms with Crippen molar-refractivity contribution in [2.75, 3.05) is 6.61 Å².